The molecule has 2 saturated carbocycles. The molecule has 1 nitrogen and oxygen atoms in total. The van der Waals surface area contributed by atoms with Gasteiger partial charge < -0.3 is 4.79 Å². The highest BCUT2D eigenvalue weighted by Crippen LogP contribution is 2.71. The Morgan fingerprint density at radius 3 is 1.67 bits per heavy atom. The summed E-state index contributed by atoms with van der Waals surface area (Å²) in [5.41, 5.74) is 0.706. The van der Waals surface area contributed by atoms with Crippen LogP contribution in [0.1, 0.15) is 46.5 Å². The van der Waals surface area contributed by atoms with Crippen molar-refractivity contribution in [3.63, 3.8) is 0 Å². The molecule has 1 heteroatoms. The minimum Gasteiger partial charge on any atom is -0.303 e. The fourth-order valence-electron chi connectivity index (χ4n) is 3.36. The standard InChI is InChI=1S/C11H18O/c1-9(2)10(3)4-6-11(9,8-12)7-5-10/h8H,4-7H2,1-3H3. The summed E-state index contributed by atoms with van der Waals surface area (Å²) >= 11 is 0. The van der Waals surface area contributed by atoms with E-state index in [0.717, 1.165) is 12.8 Å². The van der Waals surface area contributed by atoms with Crippen LogP contribution < -0.4 is 0 Å². The van der Waals surface area contributed by atoms with Gasteiger partial charge in [-0.2, -0.15) is 0 Å². The first-order chi connectivity index (χ1) is 5.47. The van der Waals surface area contributed by atoms with Gasteiger partial charge in [0.15, 0.2) is 0 Å². The summed E-state index contributed by atoms with van der Waals surface area (Å²) in [7, 11) is 0. The van der Waals surface area contributed by atoms with Crippen LogP contribution in [0.2, 0.25) is 0 Å². The van der Waals surface area contributed by atoms with Crippen molar-refractivity contribution in [2.45, 2.75) is 46.5 Å². The molecule has 2 aliphatic rings. The average molecular weight is 166 g/mol. The summed E-state index contributed by atoms with van der Waals surface area (Å²) in [6.07, 6.45) is 5.99. The molecule has 2 bridgehead atoms. The van der Waals surface area contributed by atoms with Crippen LogP contribution in [0, 0.1) is 16.2 Å². The Bertz CT molecular complexity index is 219. The lowest BCUT2D eigenvalue weighted by atomic mass is 9.66. The van der Waals surface area contributed by atoms with Crippen LogP contribution in [0.15, 0.2) is 0 Å². The maximum atomic E-state index is 11.1. The van der Waals surface area contributed by atoms with Gasteiger partial charge in [0.1, 0.15) is 6.29 Å². The molecule has 12 heavy (non-hydrogen) atoms. The van der Waals surface area contributed by atoms with Crippen molar-refractivity contribution < 1.29 is 4.79 Å². The topological polar surface area (TPSA) is 17.1 Å². The summed E-state index contributed by atoms with van der Waals surface area (Å²) in [5, 5.41) is 0. The van der Waals surface area contributed by atoms with E-state index in [4.69, 9.17) is 0 Å². The molecule has 0 unspecified atom stereocenters. The quantitative estimate of drug-likeness (QED) is 0.547. The Hall–Kier alpha value is -0.330. The molecule has 0 atom stereocenters. The Morgan fingerprint density at radius 2 is 1.50 bits per heavy atom. The fraction of sp³-hybridized carbons (Fsp3) is 0.909. The van der Waals surface area contributed by atoms with E-state index in [-0.39, 0.29) is 10.8 Å². The monoisotopic (exact) mass is 166 g/mol. The van der Waals surface area contributed by atoms with Gasteiger partial charge in [-0.1, -0.05) is 20.8 Å². The van der Waals surface area contributed by atoms with Gasteiger partial charge >= 0.3 is 0 Å². The summed E-state index contributed by atoms with van der Waals surface area (Å²) in [6.45, 7) is 6.91. The third-order valence-corrected chi connectivity index (χ3v) is 5.22. The lowest BCUT2D eigenvalue weighted by Gasteiger charge is -2.37. The molecule has 0 saturated heterocycles. The minimum atomic E-state index is 0.0295. The zero-order valence-corrected chi connectivity index (χ0v) is 8.31. The molecule has 0 aromatic carbocycles. The van der Waals surface area contributed by atoms with Gasteiger partial charge in [0.05, 0.1) is 0 Å². The highest BCUT2D eigenvalue weighted by molar-refractivity contribution is 5.63. The van der Waals surface area contributed by atoms with E-state index in [9.17, 15) is 4.79 Å². The Kier molecular flexibility index (Phi) is 1.34. The summed E-state index contributed by atoms with van der Waals surface area (Å²) < 4.78 is 0. The molecule has 2 aliphatic carbocycles. The predicted octanol–water partition coefficient (Wildman–Crippen LogP) is 2.79. The maximum Gasteiger partial charge on any atom is 0.126 e. The number of rotatable bonds is 1. The third kappa shape index (κ3) is 0.605. The molecule has 2 rings (SSSR count). The maximum absolute atomic E-state index is 11.1. The second-order valence-corrected chi connectivity index (χ2v) is 5.46. The third-order valence-electron chi connectivity index (χ3n) is 5.22. The molecule has 0 aliphatic heterocycles. The van der Waals surface area contributed by atoms with E-state index in [1.165, 1.54) is 19.1 Å². The first-order valence-corrected chi connectivity index (χ1v) is 4.94. The molecular weight excluding hydrogens is 148 g/mol. The fourth-order valence-corrected chi connectivity index (χ4v) is 3.36. The van der Waals surface area contributed by atoms with Crippen molar-refractivity contribution in [3.8, 4) is 0 Å². The second kappa shape index (κ2) is 1.94. The molecule has 0 aromatic heterocycles. The lowest BCUT2D eigenvalue weighted by Crippen LogP contribution is -2.35. The molecular formula is C11H18O. The molecule has 2 fully saturated rings. The molecule has 0 heterocycles. The van der Waals surface area contributed by atoms with E-state index in [1.807, 2.05) is 0 Å². The average Bonchev–Trinajstić information content (AvgIpc) is 2.34. The highest BCUT2D eigenvalue weighted by Gasteiger charge is 2.64. The molecule has 0 N–H and O–H groups in total. The van der Waals surface area contributed by atoms with Crippen LogP contribution >= 0.6 is 0 Å². The van der Waals surface area contributed by atoms with Crippen LogP contribution in [0.3, 0.4) is 0 Å². The Morgan fingerprint density at radius 1 is 1.00 bits per heavy atom. The van der Waals surface area contributed by atoms with Gasteiger partial charge in [-0.15, -0.1) is 0 Å². The van der Waals surface area contributed by atoms with Crippen LogP contribution in [0.4, 0.5) is 0 Å². The molecule has 0 amide bonds. The van der Waals surface area contributed by atoms with Crippen molar-refractivity contribution in [2.75, 3.05) is 0 Å². The largest absolute Gasteiger partial charge is 0.303 e. The van der Waals surface area contributed by atoms with Crippen molar-refractivity contribution in [1.82, 2.24) is 0 Å². The van der Waals surface area contributed by atoms with Crippen molar-refractivity contribution in [2.24, 2.45) is 16.2 Å². The number of aldehydes is 1. The molecule has 68 valence electrons. The first kappa shape index (κ1) is 8.28. The van der Waals surface area contributed by atoms with Crippen LogP contribution in [0.5, 0.6) is 0 Å². The predicted molar refractivity (Wildman–Crippen MR) is 48.9 cm³/mol. The SMILES string of the molecule is CC12CCC(C=O)(CC1)C2(C)C. The summed E-state index contributed by atoms with van der Waals surface area (Å²) in [6, 6.07) is 0. The number of hydrogen-bond acceptors (Lipinski definition) is 1. The van der Waals surface area contributed by atoms with E-state index < -0.39 is 0 Å². The molecule has 0 spiro atoms. The number of hydrogen-bond donors (Lipinski definition) is 0. The van der Waals surface area contributed by atoms with Gasteiger partial charge in [-0.25, -0.2) is 0 Å². The van der Waals surface area contributed by atoms with E-state index in [2.05, 4.69) is 20.8 Å². The summed E-state index contributed by atoms with van der Waals surface area (Å²) in [5.74, 6) is 0. The summed E-state index contributed by atoms with van der Waals surface area (Å²) in [4.78, 5) is 11.1. The Labute approximate surface area is 74.5 Å². The van der Waals surface area contributed by atoms with Crippen molar-refractivity contribution >= 4 is 6.29 Å². The molecule has 0 aromatic rings. The zero-order valence-electron chi connectivity index (χ0n) is 8.31. The van der Waals surface area contributed by atoms with Crippen molar-refractivity contribution in [1.29, 1.82) is 0 Å². The molecule has 0 radical (unpaired) electrons. The van der Waals surface area contributed by atoms with Gasteiger partial charge in [0, 0.05) is 5.41 Å². The van der Waals surface area contributed by atoms with E-state index >= 15 is 0 Å². The van der Waals surface area contributed by atoms with E-state index in [1.54, 1.807) is 0 Å². The normalized spacial score (nSPS) is 49.6. The highest BCUT2D eigenvalue weighted by atomic mass is 16.1. The van der Waals surface area contributed by atoms with Gasteiger partial charge in [-0.05, 0) is 36.5 Å². The van der Waals surface area contributed by atoms with Crippen LogP contribution in [-0.2, 0) is 4.79 Å². The van der Waals surface area contributed by atoms with Gasteiger partial charge in [-0.3, -0.25) is 0 Å². The lowest BCUT2D eigenvalue weighted by molar-refractivity contribution is -0.120. The second-order valence-electron chi connectivity index (χ2n) is 5.46. The van der Waals surface area contributed by atoms with Crippen molar-refractivity contribution in [3.05, 3.63) is 0 Å². The number of fused-ring (bicyclic) bond motifs is 2. The van der Waals surface area contributed by atoms with Crippen LogP contribution in [-0.4, -0.2) is 6.29 Å². The van der Waals surface area contributed by atoms with Gasteiger partial charge in [0.25, 0.3) is 0 Å². The Balaban J connectivity index is 2.49. The zero-order chi connectivity index (χ0) is 9.04. The number of carbonyl (C=O) groups excluding carboxylic acids is 1. The van der Waals surface area contributed by atoms with E-state index in [0.29, 0.717) is 5.41 Å². The number of carbonyl (C=O) groups is 1. The first-order valence-electron chi connectivity index (χ1n) is 4.94. The minimum absolute atomic E-state index is 0.0295. The van der Waals surface area contributed by atoms with Crippen LogP contribution in [0.25, 0.3) is 0 Å². The smallest absolute Gasteiger partial charge is 0.126 e. The van der Waals surface area contributed by atoms with Gasteiger partial charge in [0.2, 0.25) is 0 Å².